The highest BCUT2D eigenvalue weighted by atomic mass is 35.5. The lowest BCUT2D eigenvalue weighted by molar-refractivity contribution is -0.139. The molecule has 0 aliphatic carbocycles. The molecule has 0 fully saturated rings. The van der Waals surface area contributed by atoms with Gasteiger partial charge in [0, 0.05) is 18.1 Å². The van der Waals surface area contributed by atoms with Crippen LogP contribution >= 0.6 is 11.6 Å². The van der Waals surface area contributed by atoms with E-state index < -0.39 is 28.5 Å². The van der Waals surface area contributed by atoms with Gasteiger partial charge in [-0.1, -0.05) is 54.4 Å². The van der Waals surface area contributed by atoms with Crippen LogP contribution in [0.15, 0.2) is 71.6 Å². The van der Waals surface area contributed by atoms with Crippen LogP contribution < -0.4 is 9.62 Å². The first kappa shape index (κ1) is 30.2. The van der Waals surface area contributed by atoms with E-state index >= 15 is 0 Å². The normalized spacial score (nSPS) is 12.1. The summed E-state index contributed by atoms with van der Waals surface area (Å²) in [5.41, 5.74) is 4.15. The van der Waals surface area contributed by atoms with Crippen LogP contribution in [0.3, 0.4) is 0 Å². The fourth-order valence-corrected chi connectivity index (χ4v) is 5.54. The highest BCUT2D eigenvalue weighted by molar-refractivity contribution is 7.92. The first-order valence-corrected chi connectivity index (χ1v) is 14.7. The van der Waals surface area contributed by atoms with Crippen molar-refractivity contribution in [3.05, 3.63) is 94.0 Å². The number of rotatable bonds is 11. The maximum Gasteiger partial charge on any atom is 0.264 e. The SMILES string of the molecule is CCCNC(=O)[C@H](C)N(Cc1ccc(C)cc1)C(=O)CN(c1ccc(C)c(C)c1)S(=O)(=O)c1ccc(Cl)cc1. The Morgan fingerprint density at radius 3 is 2.15 bits per heavy atom. The smallest absolute Gasteiger partial charge is 0.264 e. The number of carbonyl (C=O) groups excluding carboxylic acids is 2. The summed E-state index contributed by atoms with van der Waals surface area (Å²) >= 11 is 6.00. The standard InChI is InChI=1S/C30H36ClN3O4S/c1-6-17-32-30(36)24(5)33(19-25-10-7-21(2)8-11-25)29(35)20-34(27-14-9-22(3)23(4)18-27)39(37,38)28-15-12-26(31)13-16-28/h7-16,18,24H,6,17,19-20H2,1-5H3,(H,32,36)/t24-/m0/s1. The van der Waals surface area contributed by atoms with Crippen LogP contribution in [0.1, 0.15) is 42.5 Å². The van der Waals surface area contributed by atoms with E-state index in [9.17, 15) is 18.0 Å². The molecule has 0 spiro atoms. The highest BCUT2D eigenvalue weighted by Gasteiger charge is 2.32. The van der Waals surface area contributed by atoms with Gasteiger partial charge < -0.3 is 10.2 Å². The van der Waals surface area contributed by atoms with Gasteiger partial charge in [-0.05, 0) is 87.2 Å². The Morgan fingerprint density at radius 2 is 1.56 bits per heavy atom. The third-order valence-corrected chi connectivity index (χ3v) is 8.69. The van der Waals surface area contributed by atoms with Crippen LogP contribution in [0.5, 0.6) is 0 Å². The van der Waals surface area contributed by atoms with Gasteiger partial charge in [0.15, 0.2) is 0 Å². The minimum atomic E-state index is -4.14. The van der Waals surface area contributed by atoms with Crippen LogP contribution in [0.25, 0.3) is 0 Å². The van der Waals surface area contributed by atoms with E-state index in [2.05, 4.69) is 5.32 Å². The summed E-state index contributed by atoms with van der Waals surface area (Å²) in [4.78, 5) is 28.3. The van der Waals surface area contributed by atoms with Gasteiger partial charge in [-0.15, -0.1) is 0 Å². The number of amides is 2. The molecule has 0 aromatic heterocycles. The number of sulfonamides is 1. The molecule has 9 heteroatoms. The van der Waals surface area contributed by atoms with Gasteiger partial charge in [0.05, 0.1) is 10.6 Å². The van der Waals surface area contributed by atoms with Crippen molar-refractivity contribution in [3.8, 4) is 0 Å². The van der Waals surface area contributed by atoms with Crippen LogP contribution in [0.2, 0.25) is 5.02 Å². The molecule has 1 N–H and O–H groups in total. The van der Waals surface area contributed by atoms with Gasteiger partial charge in [0.1, 0.15) is 12.6 Å². The average molecular weight is 570 g/mol. The minimum Gasteiger partial charge on any atom is -0.354 e. The first-order valence-electron chi connectivity index (χ1n) is 12.9. The summed E-state index contributed by atoms with van der Waals surface area (Å²) < 4.78 is 28.8. The van der Waals surface area contributed by atoms with Crippen molar-refractivity contribution in [3.63, 3.8) is 0 Å². The lowest BCUT2D eigenvalue weighted by Crippen LogP contribution is -2.51. The van der Waals surface area contributed by atoms with E-state index in [1.54, 1.807) is 19.1 Å². The molecule has 1 atom stereocenters. The lowest BCUT2D eigenvalue weighted by atomic mass is 10.1. The molecule has 208 valence electrons. The first-order chi connectivity index (χ1) is 18.4. The second-order valence-corrected chi connectivity index (χ2v) is 12.0. The topological polar surface area (TPSA) is 86.8 Å². The van der Waals surface area contributed by atoms with Gasteiger partial charge in [0.25, 0.3) is 10.0 Å². The van der Waals surface area contributed by atoms with Gasteiger partial charge in [-0.25, -0.2) is 8.42 Å². The number of carbonyl (C=O) groups is 2. The molecule has 0 saturated heterocycles. The Balaban J connectivity index is 2.04. The number of halogens is 1. The average Bonchev–Trinajstić information content (AvgIpc) is 2.91. The van der Waals surface area contributed by atoms with E-state index in [0.717, 1.165) is 33.0 Å². The Morgan fingerprint density at radius 1 is 0.923 bits per heavy atom. The van der Waals surface area contributed by atoms with Gasteiger partial charge >= 0.3 is 0 Å². The molecule has 0 aliphatic heterocycles. The number of hydrogen-bond donors (Lipinski definition) is 1. The monoisotopic (exact) mass is 569 g/mol. The summed E-state index contributed by atoms with van der Waals surface area (Å²) in [5.74, 6) is -0.791. The molecule has 3 rings (SSSR count). The molecule has 0 unspecified atom stereocenters. The Bertz CT molecular complexity index is 1410. The number of benzene rings is 3. The zero-order valence-corrected chi connectivity index (χ0v) is 24.6. The molecule has 7 nitrogen and oxygen atoms in total. The summed E-state index contributed by atoms with van der Waals surface area (Å²) in [7, 11) is -4.14. The molecular weight excluding hydrogens is 534 g/mol. The van der Waals surface area contributed by atoms with Gasteiger partial charge in [-0.2, -0.15) is 0 Å². The quantitative estimate of drug-likeness (QED) is 0.335. The Hall–Kier alpha value is -3.36. The fraction of sp³-hybridized carbons (Fsp3) is 0.333. The van der Waals surface area contributed by atoms with Crippen molar-refractivity contribution in [1.82, 2.24) is 10.2 Å². The van der Waals surface area contributed by atoms with E-state index in [-0.39, 0.29) is 17.3 Å². The summed E-state index contributed by atoms with van der Waals surface area (Å²) in [6, 6.07) is 17.9. The molecule has 0 aliphatic rings. The molecule has 39 heavy (non-hydrogen) atoms. The van der Waals surface area contributed by atoms with E-state index in [0.29, 0.717) is 17.3 Å². The number of anilines is 1. The van der Waals surface area contributed by atoms with Crippen LogP contribution in [-0.4, -0.2) is 44.3 Å². The minimum absolute atomic E-state index is 0.0109. The number of nitrogens with zero attached hydrogens (tertiary/aromatic N) is 2. The van der Waals surface area contributed by atoms with Crippen molar-refractivity contribution in [2.24, 2.45) is 0 Å². The van der Waals surface area contributed by atoms with Crippen LogP contribution in [0, 0.1) is 20.8 Å². The molecular formula is C30H36ClN3O4S. The number of aryl methyl sites for hydroxylation is 3. The lowest BCUT2D eigenvalue weighted by Gasteiger charge is -2.32. The number of hydrogen-bond acceptors (Lipinski definition) is 4. The van der Waals surface area contributed by atoms with Crippen molar-refractivity contribution in [2.75, 3.05) is 17.4 Å². The molecule has 0 heterocycles. The van der Waals surface area contributed by atoms with E-state index in [4.69, 9.17) is 11.6 Å². The second kappa shape index (κ2) is 13.1. The summed E-state index contributed by atoms with van der Waals surface area (Å²) in [6.45, 7) is 9.55. The van der Waals surface area contributed by atoms with Gasteiger partial charge in [0.2, 0.25) is 11.8 Å². The van der Waals surface area contributed by atoms with Crippen molar-refractivity contribution in [1.29, 1.82) is 0 Å². The fourth-order valence-electron chi connectivity index (χ4n) is 4.01. The molecule has 3 aromatic rings. The summed E-state index contributed by atoms with van der Waals surface area (Å²) in [5, 5.41) is 3.25. The third kappa shape index (κ3) is 7.61. The molecule has 2 amide bonds. The van der Waals surface area contributed by atoms with Gasteiger partial charge in [-0.3, -0.25) is 13.9 Å². The second-order valence-electron chi connectivity index (χ2n) is 9.71. The molecule has 0 radical (unpaired) electrons. The van der Waals surface area contributed by atoms with Crippen molar-refractivity contribution < 1.29 is 18.0 Å². The van der Waals surface area contributed by atoms with Crippen molar-refractivity contribution in [2.45, 2.75) is 58.5 Å². The van der Waals surface area contributed by atoms with Crippen LogP contribution in [-0.2, 0) is 26.2 Å². The predicted octanol–water partition coefficient (Wildman–Crippen LogP) is 5.40. The Kier molecular flexibility index (Phi) is 10.2. The maximum absolute atomic E-state index is 13.9. The van der Waals surface area contributed by atoms with E-state index in [1.165, 1.54) is 29.2 Å². The predicted molar refractivity (Wildman–Crippen MR) is 156 cm³/mol. The van der Waals surface area contributed by atoms with E-state index in [1.807, 2.05) is 58.0 Å². The number of nitrogens with one attached hydrogen (secondary N) is 1. The zero-order valence-electron chi connectivity index (χ0n) is 23.1. The highest BCUT2D eigenvalue weighted by Crippen LogP contribution is 2.27. The zero-order chi connectivity index (χ0) is 28.7. The third-order valence-electron chi connectivity index (χ3n) is 6.65. The largest absolute Gasteiger partial charge is 0.354 e. The Labute approximate surface area is 236 Å². The van der Waals surface area contributed by atoms with Crippen LogP contribution in [0.4, 0.5) is 5.69 Å². The molecule has 3 aromatic carbocycles. The molecule has 0 saturated carbocycles. The van der Waals surface area contributed by atoms with Crippen molar-refractivity contribution >= 4 is 39.1 Å². The maximum atomic E-state index is 13.9. The summed E-state index contributed by atoms with van der Waals surface area (Å²) in [6.07, 6.45) is 0.754. The molecule has 0 bridgehead atoms.